The Balaban J connectivity index is 1.92. The number of carbonyl (C=O) groups is 1. The topological polar surface area (TPSA) is 55.1 Å². The van der Waals surface area contributed by atoms with Gasteiger partial charge in [-0.05, 0) is 42.3 Å². The lowest BCUT2D eigenvalue weighted by molar-refractivity contribution is 0.0955. The number of halogens is 2. The summed E-state index contributed by atoms with van der Waals surface area (Å²) in [5, 5.41) is 2.66. The van der Waals surface area contributed by atoms with Crippen LogP contribution in [0.3, 0.4) is 0 Å². The van der Waals surface area contributed by atoms with Gasteiger partial charge in [0.2, 0.25) is 0 Å². The van der Waals surface area contributed by atoms with Crippen LogP contribution in [0.5, 0.6) is 0 Å². The van der Waals surface area contributed by atoms with E-state index in [0.717, 1.165) is 11.6 Å². The van der Waals surface area contributed by atoms with Gasteiger partial charge >= 0.3 is 0 Å². The number of nitrogens with one attached hydrogen (secondary N) is 1. The van der Waals surface area contributed by atoms with Crippen molar-refractivity contribution < 1.29 is 13.6 Å². The first-order valence-electron chi connectivity index (χ1n) is 6.14. The molecule has 0 fully saturated rings. The molecular formula is C15H14F2N2O. The minimum absolute atomic E-state index is 0.0910. The molecule has 1 amide bonds. The van der Waals surface area contributed by atoms with Gasteiger partial charge in [-0.2, -0.15) is 0 Å². The molecule has 2 aromatic carbocycles. The minimum atomic E-state index is -0.487. The summed E-state index contributed by atoms with van der Waals surface area (Å²) in [6, 6.07) is 9.78. The number of carbonyl (C=O) groups excluding carboxylic acids is 1. The molecule has 0 aliphatic rings. The highest BCUT2D eigenvalue weighted by molar-refractivity contribution is 5.99. The standard InChI is InChI=1S/C15H14F2N2O/c16-11-3-1-2-10(8-11)6-7-19-15(20)13-5-4-12(17)9-14(13)18/h1-5,8-9H,6-7,18H2,(H,19,20). The second kappa shape index (κ2) is 6.14. The van der Waals surface area contributed by atoms with Crippen molar-refractivity contribution in [3.8, 4) is 0 Å². The van der Waals surface area contributed by atoms with Gasteiger partial charge < -0.3 is 11.1 Å². The van der Waals surface area contributed by atoms with Gasteiger partial charge in [0.25, 0.3) is 5.91 Å². The van der Waals surface area contributed by atoms with Crippen LogP contribution >= 0.6 is 0 Å². The van der Waals surface area contributed by atoms with Crippen molar-refractivity contribution in [1.82, 2.24) is 5.32 Å². The second-order valence-corrected chi connectivity index (χ2v) is 4.37. The maximum atomic E-state index is 13.0. The summed E-state index contributed by atoms with van der Waals surface area (Å²) in [6.45, 7) is 0.346. The van der Waals surface area contributed by atoms with Crippen LogP contribution in [0.25, 0.3) is 0 Å². The van der Waals surface area contributed by atoms with E-state index in [0.29, 0.717) is 13.0 Å². The van der Waals surface area contributed by atoms with Crippen molar-refractivity contribution in [1.29, 1.82) is 0 Å². The van der Waals surface area contributed by atoms with E-state index in [4.69, 9.17) is 5.73 Å². The Hall–Kier alpha value is -2.43. The molecule has 0 saturated carbocycles. The fraction of sp³-hybridized carbons (Fsp3) is 0.133. The van der Waals surface area contributed by atoms with Crippen LogP contribution in [0.1, 0.15) is 15.9 Å². The van der Waals surface area contributed by atoms with Crippen LogP contribution < -0.4 is 11.1 Å². The number of nitrogens with two attached hydrogens (primary N) is 1. The molecule has 3 N–H and O–H groups in total. The third-order valence-corrected chi connectivity index (χ3v) is 2.85. The fourth-order valence-electron chi connectivity index (χ4n) is 1.85. The number of hydrogen-bond donors (Lipinski definition) is 2. The number of hydrogen-bond acceptors (Lipinski definition) is 2. The normalized spacial score (nSPS) is 10.3. The Morgan fingerprint density at radius 1 is 1.10 bits per heavy atom. The molecule has 0 unspecified atom stereocenters. The number of nitrogen functional groups attached to an aromatic ring is 1. The SMILES string of the molecule is Nc1cc(F)ccc1C(=O)NCCc1cccc(F)c1. The van der Waals surface area contributed by atoms with Crippen LogP contribution in [0.15, 0.2) is 42.5 Å². The van der Waals surface area contributed by atoms with E-state index in [9.17, 15) is 13.6 Å². The number of benzene rings is 2. The van der Waals surface area contributed by atoms with E-state index in [2.05, 4.69) is 5.32 Å². The Kier molecular flexibility index (Phi) is 4.30. The second-order valence-electron chi connectivity index (χ2n) is 4.37. The predicted octanol–water partition coefficient (Wildman–Crippen LogP) is 2.52. The van der Waals surface area contributed by atoms with E-state index >= 15 is 0 Å². The summed E-state index contributed by atoms with van der Waals surface area (Å²) < 4.78 is 25.8. The monoisotopic (exact) mass is 276 g/mol. The van der Waals surface area contributed by atoms with Gasteiger partial charge in [0.1, 0.15) is 11.6 Å². The Bertz CT molecular complexity index is 629. The van der Waals surface area contributed by atoms with Crippen molar-refractivity contribution in [2.45, 2.75) is 6.42 Å². The van der Waals surface area contributed by atoms with Crippen molar-refractivity contribution in [2.75, 3.05) is 12.3 Å². The maximum Gasteiger partial charge on any atom is 0.253 e. The molecule has 0 aliphatic heterocycles. The minimum Gasteiger partial charge on any atom is -0.398 e. The molecule has 20 heavy (non-hydrogen) atoms. The first-order chi connectivity index (χ1) is 9.56. The number of amides is 1. The lowest BCUT2D eigenvalue weighted by Gasteiger charge is -2.07. The molecule has 0 radical (unpaired) electrons. The summed E-state index contributed by atoms with van der Waals surface area (Å²) in [5.41, 5.74) is 6.68. The molecule has 0 saturated heterocycles. The molecule has 0 aliphatic carbocycles. The molecule has 2 rings (SSSR count). The summed E-state index contributed by atoms with van der Waals surface area (Å²) >= 11 is 0. The highest BCUT2D eigenvalue weighted by atomic mass is 19.1. The third-order valence-electron chi connectivity index (χ3n) is 2.85. The Morgan fingerprint density at radius 2 is 1.85 bits per heavy atom. The van der Waals surface area contributed by atoms with Crippen LogP contribution in [0.4, 0.5) is 14.5 Å². The Morgan fingerprint density at radius 3 is 2.55 bits per heavy atom. The highest BCUT2D eigenvalue weighted by Gasteiger charge is 2.09. The first-order valence-corrected chi connectivity index (χ1v) is 6.14. The largest absolute Gasteiger partial charge is 0.398 e. The molecule has 104 valence electrons. The van der Waals surface area contributed by atoms with Gasteiger partial charge in [-0.15, -0.1) is 0 Å². The quantitative estimate of drug-likeness (QED) is 0.843. The lowest BCUT2D eigenvalue weighted by atomic mass is 10.1. The van der Waals surface area contributed by atoms with E-state index < -0.39 is 5.82 Å². The van der Waals surface area contributed by atoms with Crippen LogP contribution in [-0.4, -0.2) is 12.5 Å². The molecule has 0 heterocycles. The van der Waals surface area contributed by atoms with Gasteiger partial charge in [0, 0.05) is 12.2 Å². The van der Waals surface area contributed by atoms with Crippen molar-refractivity contribution >= 4 is 11.6 Å². The lowest BCUT2D eigenvalue weighted by Crippen LogP contribution is -2.26. The molecule has 0 bridgehead atoms. The average Bonchev–Trinajstić information content (AvgIpc) is 2.38. The molecule has 3 nitrogen and oxygen atoms in total. The zero-order chi connectivity index (χ0) is 14.5. The maximum absolute atomic E-state index is 13.0. The number of rotatable bonds is 4. The van der Waals surface area contributed by atoms with Crippen LogP contribution in [0, 0.1) is 11.6 Å². The average molecular weight is 276 g/mol. The predicted molar refractivity (Wildman–Crippen MR) is 73.2 cm³/mol. The molecule has 5 heteroatoms. The summed E-state index contributed by atoms with van der Waals surface area (Å²) in [5.74, 6) is -1.17. The first kappa shape index (κ1) is 14.0. The molecule has 0 aromatic heterocycles. The third kappa shape index (κ3) is 3.54. The fourth-order valence-corrected chi connectivity index (χ4v) is 1.85. The van der Waals surface area contributed by atoms with Gasteiger partial charge in [-0.1, -0.05) is 12.1 Å². The van der Waals surface area contributed by atoms with E-state index in [1.165, 1.54) is 24.3 Å². The van der Waals surface area contributed by atoms with Crippen molar-refractivity contribution in [3.63, 3.8) is 0 Å². The highest BCUT2D eigenvalue weighted by Crippen LogP contribution is 2.13. The molecule has 0 spiro atoms. The Labute approximate surface area is 115 Å². The zero-order valence-corrected chi connectivity index (χ0v) is 10.7. The van der Waals surface area contributed by atoms with Gasteiger partial charge in [-0.25, -0.2) is 8.78 Å². The summed E-state index contributed by atoms with van der Waals surface area (Å²) in [4.78, 5) is 11.8. The summed E-state index contributed by atoms with van der Waals surface area (Å²) in [7, 11) is 0. The van der Waals surface area contributed by atoms with E-state index in [1.54, 1.807) is 12.1 Å². The van der Waals surface area contributed by atoms with E-state index in [-0.39, 0.29) is 23.0 Å². The van der Waals surface area contributed by atoms with Gasteiger partial charge in [0.15, 0.2) is 0 Å². The molecule has 0 atom stereocenters. The van der Waals surface area contributed by atoms with Crippen molar-refractivity contribution in [3.05, 3.63) is 65.2 Å². The van der Waals surface area contributed by atoms with E-state index in [1.807, 2.05) is 0 Å². The summed E-state index contributed by atoms with van der Waals surface area (Å²) in [6.07, 6.45) is 0.505. The zero-order valence-electron chi connectivity index (χ0n) is 10.7. The van der Waals surface area contributed by atoms with Gasteiger partial charge in [0.05, 0.1) is 5.56 Å². The molecular weight excluding hydrogens is 262 g/mol. The number of anilines is 1. The van der Waals surface area contributed by atoms with Crippen LogP contribution in [0.2, 0.25) is 0 Å². The molecule has 2 aromatic rings. The smallest absolute Gasteiger partial charge is 0.253 e. The van der Waals surface area contributed by atoms with Crippen LogP contribution in [-0.2, 0) is 6.42 Å². The van der Waals surface area contributed by atoms with Crippen molar-refractivity contribution in [2.24, 2.45) is 0 Å². The van der Waals surface area contributed by atoms with Gasteiger partial charge in [-0.3, -0.25) is 4.79 Å².